The number of aliphatic imine (C=N–C) groups is 1. The first-order valence-electron chi connectivity index (χ1n) is 12.5. The second-order valence-electron chi connectivity index (χ2n) is 10.6. The molecule has 176 valence electrons. The van der Waals surface area contributed by atoms with Crippen LogP contribution in [0.15, 0.2) is 29.3 Å². The summed E-state index contributed by atoms with van der Waals surface area (Å²) in [5.74, 6) is 1.89. The number of nitrogens with two attached hydrogens (primary N) is 1. The van der Waals surface area contributed by atoms with Crippen LogP contribution in [0, 0.1) is 23.7 Å². The van der Waals surface area contributed by atoms with E-state index in [4.69, 9.17) is 5.73 Å². The van der Waals surface area contributed by atoms with Crippen LogP contribution in [0.3, 0.4) is 0 Å². The van der Waals surface area contributed by atoms with E-state index < -0.39 is 5.54 Å². The van der Waals surface area contributed by atoms with E-state index in [-0.39, 0.29) is 23.5 Å². The minimum atomic E-state index is -0.704. The molecule has 4 unspecified atom stereocenters. The molecule has 1 aromatic carbocycles. The lowest BCUT2D eigenvalue weighted by molar-refractivity contribution is -0.128. The largest absolute Gasteiger partial charge is 0.387 e. The zero-order valence-corrected chi connectivity index (χ0v) is 20.3. The number of nitrogens with one attached hydrogen (secondary N) is 1. The van der Waals surface area contributed by atoms with Crippen LogP contribution >= 0.6 is 0 Å². The van der Waals surface area contributed by atoms with Gasteiger partial charge in [-0.3, -0.25) is 14.6 Å². The molecule has 1 heterocycles. The van der Waals surface area contributed by atoms with E-state index in [1.807, 2.05) is 6.92 Å². The van der Waals surface area contributed by atoms with E-state index in [0.29, 0.717) is 30.5 Å². The number of carbonyl (C=O) groups excluding carboxylic acids is 2. The van der Waals surface area contributed by atoms with Crippen LogP contribution in [0.4, 0.5) is 0 Å². The Morgan fingerprint density at radius 2 is 1.97 bits per heavy atom. The van der Waals surface area contributed by atoms with Crippen molar-refractivity contribution < 1.29 is 9.59 Å². The summed E-state index contributed by atoms with van der Waals surface area (Å²) in [5, 5.41) is 3.09. The number of unbranched alkanes of at least 4 members (excludes halogenated alkanes) is 2. The SMILES string of the molecule is CCCCCNC(=O)C1CC1Cc1cccc(CC2CC(N)=NC(C)(CC(C)C)C2=O)c1. The van der Waals surface area contributed by atoms with Gasteiger partial charge in [-0.2, -0.15) is 0 Å². The van der Waals surface area contributed by atoms with Gasteiger partial charge < -0.3 is 11.1 Å². The summed E-state index contributed by atoms with van der Waals surface area (Å²) < 4.78 is 0. The molecule has 1 aromatic rings. The zero-order chi connectivity index (χ0) is 23.3. The Morgan fingerprint density at radius 3 is 2.66 bits per heavy atom. The van der Waals surface area contributed by atoms with E-state index in [2.05, 4.69) is 55.3 Å². The van der Waals surface area contributed by atoms with Crippen molar-refractivity contribution in [2.75, 3.05) is 6.54 Å². The Labute approximate surface area is 193 Å². The molecule has 0 radical (unpaired) electrons. The zero-order valence-electron chi connectivity index (χ0n) is 20.3. The second-order valence-corrected chi connectivity index (χ2v) is 10.6. The molecule has 5 heteroatoms. The highest BCUT2D eigenvalue weighted by molar-refractivity contribution is 5.99. The summed E-state index contributed by atoms with van der Waals surface area (Å²) in [4.78, 5) is 30.1. The smallest absolute Gasteiger partial charge is 0.223 e. The number of carbonyl (C=O) groups is 2. The molecule has 0 saturated heterocycles. The fourth-order valence-electron chi connectivity index (χ4n) is 5.29. The maximum atomic E-state index is 13.2. The van der Waals surface area contributed by atoms with Crippen molar-refractivity contribution in [3.63, 3.8) is 0 Å². The van der Waals surface area contributed by atoms with Crippen molar-refractivity contribution in [3.8, 4) is 0 Å². The molecule has 3 rings (SSSR count). The first-order valence-corrected chi connectivity index (χ1v) is 12.5. The van der Waals surface area contributed by atoms with Crippen LogP contribution in [0.2, 0.25) is 0 Å². The number of Topliss-reactive ketones (excluding diaryl/α,β-unsaturated/α-hetero) is 1. The highest BCUT2D eigenvalue weighted by Gasteiger charge is 2.43. The van der Waals surface area contributed by atoms with Crippen molar-refractivity contribution >= 4 is 17.5 Å². The third-order valence-corrected chi connectivity index (χ3v) is 6.86. The number of benzene rings is 1. The molecule has 1 fully saturated rings. The number of ketones is 1. The minimum Gasteiger partial charge on any atom is -0.387 e. The average molecular weight is 440 g/mol. The second kappa shape index (κ2) is 10.6. The molecule has 2 aliphatic rings. The number of amidine groups is 1. The molecule has 4 atom stereocenters. The van der Waals surface area contributed by atoms with Crippen LogP contribution in [0.5, 0.6) is 0 Å². The molecule has 0 spiro atoms. The minimum absolute atomic E-state index is 0.117. The highest BCUT2D eigenvalue weighted by Crippen LogP contribution is 2.41. The molecular formula is C27H41N3O2. The van der Waals surface area contributed by atoms with Gasteiger partial charge in [-0.25, -0.2) is 0 Å². The van der Waals surface area contributed by atoms with Crippen LogP contribution in [-0.2, 0) is 22.4 Å². The van der Waals surface area contributed by atoms with Crippen LogP contribution < -0.4 is 11.1 Å². The summed E-state index contributed by atoms with van der Waals surface area (Å²) >= 11 is 0. The van der Waals surface area contributed by atoms with E-state index in [9.17, 15) is 9.59 Å². The lowest BCUT2D eigenvalue weighted by Crippen LogP contribution is -2.47. The third-order valence-electron chi connectivity index (χ3n) is 6.86. The lowest BCUT2D eigenvalue weighted by atomic mass is 9.76. The summed E-state index contributed by atoms with van der Waals surface area (Å²) in [5.41, 5.74) is 7.87. The Balaban J connectivity index is 1.56. The van der Waals surface area contributed by atoms with Gasteiger partial charge in [-0.1, -0.05) is 57.9 Å². The summed E-state index contributed by atoms with van der Waals surface area (Å²) in [6.07, 6.45) is 7.27. The van der Waals surface area contributed by atoms with Crippen LogP contribution in [-0.4, -0.2) is 29.6 Å². The van der Waals surface area contributed by atoms with Crippen LogP contribution in [0.1, 0.15) is 77.3 Å². The number of hydrogen-bond acceptors (Lipinski definition) is 4. The Hall–Kier alpha value is -2.17. The number of nitrogens with zero attached hydrogens (tertiary/aromatic N) is 1. The topological polar surface area (TPSA) is 84.6 Å². The Kier molecular flexibility index (Phi) is 8.13. The summed E-state index contributed by atoms with van der Waals surface area (Å²) in [7, 11) is 0. The number of amides is 1. The van der Waals surface area contributed by atoms with E-state index in [0.717, 1.165) is 32.2 Å². The van der Waals surface area contributed by atoms with E-state index >= 15 is 0 Å². The van der Waals surface area contributed by atoms with Crippen molar-refractivity contribution in [1.82, 2.24) is 5.32 Å². The molecule has 1 aliphatic heterocycles. The highest BCUT2D eigenvalue weighted by atomic mass is 16.2. The Bertz CT molecular complexity index is 847. The van der Waals surface area contributed by atoms with Gasteiger partial charge in [0.15, 0.2) is 5.78 Å². The molecule has 32 heavy (non-hydrogen) atoms. The van der Waals surface area contributed by atoms with Crippen LogP contribution in [0.25, 0.3) is 0 Å². The van der Waals surface area contributed by atoms with Gasteiger partial charge in [0.1, 0.15) is 5.54 Å². The summed E-state index contributed by atoms with van der Waals surface area (Å²) in [6.45, 7) is 9.14. The predicted octanol–water partition coefficient (Wildman–Crippen LogP) is 4.47. The molecule has 1 saturated carbocycles. The van der Waals surface area contributed by atoms with Crippen molar-refractivity contribution in [2.45, 2.75) is 84.6 Å². The fourth-order valence-corrected chi connectivity index (χ4v) is 5.29. The molecule has 1 aliphatic carbocycles. The maximum Gasteiger partial charge on any atom is 0.223 e. The summed E-state index contributed by atoms with van der Waals surface area (Å²) in [6, 6.07) is 8.53. The third kappa shape index (κ3) is 6.43. The van der Waals surface area contributed by atoms with Gasteiger partial charge in [-0.15, -0.1) is 0 Å². The molecule has 0 bridgehead atoms. The van der Waals surface area contributed by atoms with Crippen molar-refractivity contribution in [3.05, 3.63) is 35.4 Å². The fraction of sp³-hybridized carbons (Fsp3) is 0.667. The maximum absolute atomic E-state index is 13.2. The molecule has 1 amide bonds. The Morgan fingerprint density at radius 1 is 1.25 bits per heavy atom. The normalized spacial score (nSPS) is 27.3. The van der Waals surface area contributed by atoms with Gasteiger partial charge in [-0.05, 0) is 62.0 Å². The monoisotopic (exact) mass is 439 g/mol. The average Bonchev–Trinajstić information content (AvgIpc) is 3.48. The molecule has 3 N–H and O–H groups in total. The number of hydrogen-bond donors (Lipinski definition) is 2. The van der Waals surface area contributed by atoms with Gasteiger partial charge in [0.25, 0.3) is 0 Å². The predicted molar refractivity (Wildman–Crippen MR) is 131 cm³/mol. The molecule has 0 aromatic heterocycles. The van der Waals surface area contributed by atoms with E-state index in [1.54, 1.807) is 0 Å². The van der Waals surface area contributed by atoms with E-state index in [1.165, 1.54) is 24.0 Å². The standard InChI is InChI=1S/C27H41N3O2/c1-5-6-7-11-29-26(32)23-15-21(23)13-19-9-8-10-20(12-19)14-22-16-24(28)30-27(4,25(22)31)17-18(2)3/h8-10,12,18,21-23H,5-7,11,13-17H2,1-4H3,(H2,28,30)(H,29,32). The van der Waals surface area contributed by atoms with Gasteiger partial charge in [0.05, 0.1) is 5.84 Å². The van der Waals surface area contributed by atoms with Gasteiger partial charge in [0, 0.05) is 24.8 Å². The number of rotatable bonds is 11. The lowest BCUT2D eigenvalue weighted by Gasteiger charge is -2.34. The first kappa shape index (κ1) is 24.5. The first-order chi connectivity index (χ1) is 15.2. The quantitative estimate of drug-likeness (QED) is 0.499. The molecular weight excluding hydrogens is 398 g/mol. The van der Waals surface area contributed by atoms with Crippen molar-refractivity contribution in [1.29, 1.82) is 0 Å². The molecule has 5 nitrogen and oxygen atoms in total. The van der Waals surface area contributed by atoms with Gasteiger partial charge >= 0.3 is 0 Å². The van der Waals surface area contributed by atoms with Crippen molar-refractivity contribution in [2.24, 2.45) is 34.4 Å². The van der Waals surface area contributed by atoms with Gasteiger partial charge in [0.2, 0.25) is 5.91 Å².